The summed E-state index contributed by atoms with van der Waals surface area (Å²) < 4.78 is 1.93. The highest BCUT2D eigenvalue weighted by atomic mass is 16.2. The molecule has 0 aliphatic carbocycles. The van der Waals surface area contributed by atoms with E-state index in [0.29, 0.717) is 5.92 Å². The third-order valence-corrected chi connectivity index (χ3v) is 5.07. The Balaban J connectivity index is 1.99. The van der Waals surface area contributed by atoms with Crippen LogP contribution in [0.1, 0.15) is 41.2 Å². The van der Waals surface area contributed by atoms with E-state index in [2.05, 4.69) is 57.0 Å². The van der Waals surface area contributed by atoms with Crippen LogP contribution in [0.4, 0.5) is 0 Å². The molecule has 0 N–H and O–H groups in total. The second-order valence-electron chi connectivity index (χ2n) is 7.85. The maximum atomic E-state index is 13.3. The van der Waals surface area contributed by atoms with E-state index in [1.807, 2.05) is 16.5 Å². The van der Waals surface area contributed by atoms with Crippen LogP contribution in [0, 0.1) is 19.8 Å². The maximum absolute atomic E-state index is 13.3. The molecule has 0 radical (unpaired) electrons. The van der Waals surface area contributed by atoms with Gasteiger partial charge < -0.3 is 9.80 Å². The van der Waals surface area contributed by atoms with Gasteiger partial charge in [-0.05, 0) is 45.4 Å². The van der Waals surface area contributed by atoms with Crippen LogP contribution in [-0.2, 0) is 6.42 Å². The Morgan fingerprint density at radius 1 is 1.08 bits per heavy atom. The smallest absolute Gasteiger partial charge is 0.257 e. The van der Waals surface area contributed by atoms with E-state index in [1.165, 1.54) is 5.56 Å². The van der Waals surface area contributed by atoms with Crippen molar-refractivity contribution >= 4 is 5.91 Å². The number of aryl methyl sites for hydroxylation is 1. The highest BCUT2D eigenvalue weighted by molar-refractivity contribution is 5.96. The molecule has 0 unspecified atom stereocenters. The number of amides is 1. The van der Waals surface area contributed by atoms with Gasteiger partial charge in [-0.3, -0.25) is 4.79 Å². The van der Waals surface area contributed by atoms with Crippen LogP contribution in [0.25, 0.3) is 5.69 Å². The van der Waals surface area contributed by atoms with Crippen molar-refractivity contribution in [2.24, 2.45) is 5.92 Å². The van der Waals surface area contributed by atoms with E-state index < -0.39 is 0 Å². The lowest BCUT2D eigenvalue weighted by Gasteiger charge is -2.32. The Morgan fingerprint density at radius 2 is 1.69 bits per heavy atom. The Morgan fingerprint density at radius 3 is 2.27 bits per heavy atom. The van der Waals surface area contributed by atoms with E-state index in [9.17, 15) is 4.79 Å². The van der Waals surface area contributed by atoms with Crippen LogP contribution < -0.4 is 0 Å². The first-order chi connectivity index (χ1) is 12.4. The largest absolute Gasteiger partial charge is 0.336 e. The van der Waals surface area contributed by atoms with E-state index >= 15 is 0 Å². The summed E-state index contributed by atoms with van der Waals surface area (Å²) in [5, 5.41) is 4.84. The summed E-state index contributed by atoms with van der Waals surface area (Å²) in [6, 6.07) is 8.30. The third-order valence-electron chi connectivity index (χ3n) is 5.07. The zero-order valence-corrected chi connectivity index (χ0v) is 16.6. The monoisotopic (exact) mass is 354 g/mol. The van der Waals surface area contributed by atoms with Crippen LogP contribution >= 0.6 is 0 Å². The van der Waals surface area contributed by atoms with Gasteiger partial charge in [0.2, 0.25) is 0 Å². The highest BCUT2D eigenvalue weighted by Gasteiger charge is 2.28. The number of nitrogens with zero attached hydrogens (tertiary/aromatic N) is 4. The van der Waals surface area contributed by atoms with Gasteiger partial charge in [0.1, 0.15) is 0 Å². The third kappa shape index (κ3) is 3.83. The number of benzene rings is 1. The normalized spacial score (nSPS) is 15.7. The second kappa shape index (κ2) is 7.62. The lowest BCUT2D eigenvalue weighted by Crippen LogP contribution is -2.47. The molecule has 1 amide bonds. The van der Waals surface area contributed by atoms with Crippen LogP contribution in [0.2, 0.25) is 0 Å². The minimum Gasteiger partial charge on any atom is -0.336 e. The fraction of sp³-hybridized carbons (Fsp3) is 0.524. The fourth-order valence-electron chi connectivity index (χ4n) is 3.47. The number of likely N-dealkylation sites (N-methyl/N-ethyl adjacent to an activating group) is 1. The summed E-state index contributed by atoms with van der Waals surface area (Å²) >= 11 is 0. The summed E-state index contributed by atoms with van der Waals surface area (Å²) in [6.07, 6.45) is 0.814. The first-order valence-electron chi connectivity index (χ1n) is 9.50. The van der Waals surface area contributed by atoms with E-state index in [-0.39, 0.29) is 5.91 Å². The molecule has 0 saturated carbocycles. The molecule has 140 valence electrons. The van der Waals surface area contributed by atoms with Gasteiger partial charge in [-0.15, -0.1) is 0 Å². The molecule has 5 heteroatoms. The molecule has 0 atom stereocenters. The first kappa shape index (κ1) is 18.6. The number of piperazine rings is 1. The zero-order valence-electron chi connectivity index (χ0n) is 16.6. The molecule has 0 spiro atoms. The summed E-state index contributed by atoms with van der Waals surface area (Å²) in [4.78, 5) is 17.5. The minimum absolute atomic E-state index is 0.129. The number of rotatable bonds is 4. The highest BCUT2D eigenvalue weighted by Crippen LogP contribution is 2.23. The Kier molecular flexibility index (Phi) is 5.47. The molecule has 1 aromatic heterocycles. The number of hydrogen-bond donors (Lipinski definition) is 0. The summed E-state index contributed by atoms with van der Waals surface area (Å²) in [5.41, 5.74) is 4.88. The van der Waals surface area contributed by atoms with Crippen LogP contribution in [0.5, 0.6) is 0 Å². The van der Waals surface area contributed by atoms with Gasteiger partial charge in [0.15, 0.2) is 0 Å². The summed E-state index contributed by atoms with van der Waals surface area (Å²) in [5.74, 6) is 0.583. The molecule has 1 aliphatic rings. The maximum Gasteiger partial charge on any atom is 0.257 e. The fourth-order valence-corrected chi connectivity index (χ4v) is 3.47. The summed E-state index contributed by atoms with van der Waals surface area (Å²) in [7, 11) is 2.10. The molecule has 2 aromatic rings. The lowest BCUT2D eigenvalue weighted by atomic mass is 10.0. The van der Waals surface area contributed by atoms with Gasteiger partial charge in [-0.25, -0.2) is 4.68 Å². The van der Waals surface area contributed by atoms with Crippen LogP contribution in [-0.4, -0.2) is 58.7 Å². The molecule has 5 nitrogen and oxygen atoms in total. The van der Waals surface area contributed by atoms with Crippen molar-refractivity contribution < 1.29 is 4.79 Å². The van der Waals surface area contributed by atoms with E-state index in [1.54, 1.807) is 0 Å². The zero-order chi connectivity index (χ0) is 18.8. The van der Waals surface area contributed by atoms with Crippen molar-refractivity contribution in [3.05, 3.63) is 46.8 Å². The molecular formula is C21H30N4O. The summed E-state index contributed by atoms with van der Waals surface area (Å²) in [6.45, 7) is 11.9. The van der Waals surface area contributed by atoms with Crippen molar-refractivity contribution in [1.29, 1.82) is 0 Å². The van der Waals surface area contributed by atoms with Gasteiger partial charge in [-0.2, -0.15) is 5.10 Å². The van der Waals surface area contributed by atoms with Crippen LogP contribution in [0.3, 0.4) is 0 Å². The number of carbonyl (C=O) groups is 1. The lowest BCUT2D eigenvalue weighted by molar-refractivity contribution is 0.0662. The van der Waals surface area contributed by atoms with Gasteiger partial charge in [0.25, 0.3) is 5.91 Å². The van der Waals surface area contributed by atoms with Gasteiger partial charge in [0, 0.05) is 26.2 Å². The predicted molar refractivity (Wildman–Crippen MR) is 105 cm³/mol. The Labute approximate surface area is 156 Å². The van der Waals surface area contributed by atoms with Crippen molar-refractivity contribution in [3.8, 4) is 5.69 Å². The van der Waals surface area contributed by atoms with Crippen molar-refractivity contribution in [2.75, 3.05) is 33.2 Å². The quantitative estimate of drug-likeness (QED) is 0.847. The number of hydrogen-bond acceptors (Lipinski definition) is 3. The average Bonchev–Trinajstić information content (AvgIpc) is 2.91. The van der Waals surface area contributed by atoms with Gasteiger partial charge in [-0.1, -0.05) is 31.5 Å². The topological polar surface area (TPSA) is 41.4 Å². The van der Waals surface area contributed by atoms with Gasteiger partial charge in [0.05, 0.1) is 22.6 Å². The number of aromatic nitrogens is 2. The molecule has 2 heterocycles. The molecule has 26 heavy (non-hydrogen) atoms. The van der Waals surface area contributed by atoms with Crippen LogP contribution in [0.15, 0.2) is 24.3 Å². The Bertz CT molecular complexity index is 768. The molecular weight excluding hydrogens is 324 g/mol. The second-order valence-corrected chi connectivity index (χ2v) is 7.85. The molecule has 0 bridgehead atoms. The number of carbonyl (C=O) groups excluding carboxylic acids is 1. The molecule has 1 fully saturated rings. The average molecular weight is 354 g/mol. The predicted octanol–water partition coefficient (Wildman–Crippen LogP) is 3.08. The van der Waals surface area contributed by atoms with E-state index in [0.717, 1.165) is 55.2 Å². The van der Waals surface area contributed by atoms with Crippen molar-refractivity contribution in [2.45, 2.75) is 34.1 Å². The molecule has 1 saturated heterocycles. The standard InChI is InChI=1S/C21H30N4O/c1-15(2)14-19-20(21(26)24-12-10-23(5)11-13-24)17(4)25(22-19)18-8-6-16(3)7-9-18/h6-9,15H,10-14H2,1-5H3. The molecule has 3 rings (SSSR count). The van der Waals surface area contributed by atoms with Crippen molar-refractivity contribution in [3.63, 3.8) is 0 Å². The SMILES string of the molecule is Cc1ccc(-n2nc(CC(C)C)c(C(=O)N3CCN(C)CC3)c2C)cc1. The van der Waals surface area contributed by atoms with Gasteiger partial charge >= 0.3 is 0 Å². The minimum atomic E-state index is 0.129. The van der Waals surface area contributed by atoms with E-state index in [4.69, 9.17) is 5.10 Å². The molecule has 1 aliphatic heterocycles. The molecule has 1 aromatic carbocycles. The van der Waals surface area contributed by atoms with Crippen molar-refractivity contribution in [1.82, 2.24) is 19.6 Å². The first-order valence-corrected chi connectivity index (χ1v) is 9.50. The Hall–Kier alpha value is -2.14.